The van der Waals surface area contributed by atoms with Crippen LogP contribution in [0.1, 0.15) is 218 Å². The van der Waals surface area contributed by atoms with Crippen molar-refractivity contribution in [3.05, 3.63) is 53.1 Å². The Kier molecular flexibility index (Phi) is 19.3. The van der Waals surface area contributed by atoms with E-state index < -0.39 is 17.0 Å². The third-order valence-corrected chi connectivity index (χ3v) is 16.3. The molecule has 1 aliphatic heterocycles. The predicted molar refractivity (Wildman–Crippen MR) is 264 cm³/mol. The Balaban J connectivity index is 1.30. The van der Waals surface area contributed by atoms with Crippen LogP contribution in [0.4, 0.5) is 5.69 Å². The monoisotopic (exact) mass is 887 g/mol. The van der Waals surface area contributed by atoms with E-state index in [9.17, 15) is 19.8 Å². The molecule has 5 rings (SSSR count). The maximum Gasteiger partial charge on any atom is 0.343 e. The van der Waals surface area contributed by atoms with Gasteiger partial charge in [0, 0.05) is 42.3 Å². The smallest absolute Gasteiger partial charge is 0.343 e. The van der Waals surface area contributed by atoms with E-state index in [0.29, 0.717) is 35.6 Å². The van der Waals surface area contributed by atoms with Crippen LogP contribution >= 0.6 is 0 Å². The molecule has 1 amide bonds. The second kappa shape index (κ2) is 23.7. The fourth-order valence-electron chi connectivity index (χ4n) is 10.9. The number of amides is 1. The predicted octanol–water partition coefficient (Wildman–Crippen LogP) is 13.5. The molecule has 1 heterocycles. The Labute approximate surface area is 389 Å². The quantitative estimate of drug-likeness (QED) is 0.0444. The Morgan fingerprint density at radius 1 is 0.859 bits per heavy atom. The summed E-state index contributed by atoms with van der Waals surface area (Å²) in [6.07, 6.45) is 24.6. The number of unbranched alkanes of at least 4 members (excludes halogenated alkanes) is 12. The van der Waals surface area contributed by atoms with E-state index >= 15 is 0 Å². The molecule has 2 aromatic rings. The van der Waals surface area contributed by atoms with Crippen molar-refractivity contribution in [3.8, 4) is 11.5 Å². The maximum atomic E-state index is 14.0. The summed E-state index contributed by atoms with van der Waals surface area (Å²) in [7, 11) is 0. The van der Waals surface area contributed by atoms with Crippen molar-refractivity contribution >= 4 is 17.6 Å². The van der Waals surface area contributed by atoms with Crippen LogP contribution in [0.25, 0.3) is 0 Å². The summed E-state index contributed by atoms with van der Waals surface area (Å²) >= 11 is 0. The highest BCUT2D eigenvalue weighted by Crippen LogP contribution is 2.62. The largest absolute Gasteiger partial charge is 0.486 e. The van der Waals surface area contributed by atoms with Gasteiger partial charge in [0.15, 0.2) is 11.5 Å². The first-order valence-corrected chi connectivity index (χ1v) is 26.0. The molecule has 8 heteroatoms. The molecular formula is C56H90N2O6. The van der Waals surface area contributed by atoms with Gasteiger partial charge in [0.2, 0.25) is 5.91 Å². The third-order valence-electron chi connectivity index (χ3n) is 16.3. The lowest BCUT2D eigenvalue weighted by Gasteiger charge is -2.62. The minimum atomic E-state index is -0.929. The fourth-order valence-corrected chi connectivity index (χ4v) is 10.9. The second-order valence-corrected chi connectivity index (χ2v) is 22.1. The summed E-state index contributed by atoms with van der Waals surface area (Å²) in [4.78, 5) is 29.5. The van der Waals surface area contributed by atoms with Gasteiger partial charge < -0.3 is 25.0 Å². The molecule has 64 heavy (non-hydrogen) atoms. The zero-order valence-corrected chi connectivity index (χ0v) is 41.9. The molecule has 3 N–H and O–H groups in total. The van der Waals surface area contributed by atoms with Gasteiger partial charge in [-0.05, 0) is 144 Å². The van der Waals surface area contributed by atoms with E-state index in [1.807, 2.05) is 13.0 Å². The van der Waals surface area contributed by atoms with Crippen LogP contribution in [0.2, 0.25) is 0 Å². The summed E-state index contributed by atoms with van der Waals surface area (Å²) in [5, 5.41) is 25.7. The average Bonchev–Trinajstić information content (AvgIpc) is 4.20. The van der Waals surface area contributed by atoms with E-state index in [1.165, 1.54) is 83.5 Å². The first kappa shape index (κ1) is 52.0. The number of aliphatic hydroxyl groups excluding tert-OH is 1. The van der Waals surface area contributed by atoms with Gasteiger partial charge in [0.25, 0.3) is 0 Å². The van der Waals surface area contributed by atoms with Gasteiger partial charge in [-0.3, -0.25) is 9.69 Å². The first-order valence-electron chi connectivity index (χ1n) is 26.0. The molecule has 2 aliphatic carbocycles. The topological polar surface area (TPSA) is 108 Å². The van der Waals surface area contributed by atoms with Gasteiger partial charge in [-0.1, -0.05) is 125 Å². The summed E-state index contributed by atoms with van der Waals surface area (Å²) in [5.41, 5.74) is 1.20. The number of aryl methyl sites for hydroxylation is 1. The van der Waals surface area contributed by atoms with E-state index in [4.69, 9.17) is 9.47 Å². The van der Waals surface area contributed by atoms with E-state index in [-0.39, 0.29) is 41.4 Å². The lowest BCUT2D eigenvalue weighted by molar-refractivity contribution is -0.124. The molecule has 2 saturated carbocycles. The Bertz CT molecular complexity index is 1760. The Morgan fingerprint density at radius 3 is 2.00 bits per heavy atom. The molecule has 0 radical (unpaired) electrons. The standard InChI is InChI=1S/C56H90N2O6/c1-10-11-12-13-14-15-16-17-18-19-20-21-22-24-49(60)57-46-30-28-45(29-31-46)52(61)64-48-34-25-41(2)50(51(48)63-47-32-33-47)56(35-23-38-59)36-37-58(40-44-26-27-44)43(4)54(56,8)39-42(3)55(9,62)53(5,6)7/h25,28-31,34,42-44,47,59,62H,10-24,26-27,32-33,35-40H2,1-9H3,(H,57,60). The van der Waals surface area contributed by atoms with Crippen LogP contribution in [-0.2, 0) is 10.2 Å². The molecule has 1 saturated heterocycles. The van der Waals surface area contributed by atoms with Gasteiger partial charge >= 0.3 is 5.97 Å². The molecule has 3 aliphatic rings. The molecule has 5 unspecified atom stereocenters. The molecule has 0 bridgehead atoms. The third kappa shape index (κ3) is 13.6. The van der Waals surface area contributed by atoms with Crippen molar-refractivity contribution in [1.82, 2.24) is 4.90 Å². The van der Waals surface area contributed by atoms with Gasteiger partial charge in [-0.15, -0.1) is 0 Å². The molecule has 0 spiro atoms. The second-order valence-electron chi connectivity index (χ2n) is 22.1. The van der Waals surface area contributed by atoms with Gasteiger partial charge in [0.05, 0.1) is 17.3 Å². The number of esters is 1. The number of anilines is 1. The molecule has 3 fully saturated rings. The zero-order valence-electron chi connectivity index (χ0n) is 41.9. The van der Waals surface area contributed by atoms with Crippen LogP contribution < -0.4 is 14.8 Å². The number of nitrogens with one attached hydrogen (secondary N) is 1. The SMILES string of the molecule is CCCCCCCCCCCCCCCC(=O)Nc1ccc(C(=O)Oc2ccc(C)c(C3(CCCO)CCN(CC4CC4)C(C)C3(C)CC(C)C(C)(O)C(C)(C)C)c2OC2CC2)cc1. The number of hydrogen-bond donors (Lipinski definition) is 3. The van der Waals surface area contributed by atoms with Crippen molar-refractivity contribution in [2.75, 3.05) is 25.0 Å². The zero-order chi connectivity index (χ0) is 46.5. The minimum Gasteiger partial charge on any atom is -0.486 e. The van der Waals surface area contributed by atoms with Gasteiger partial charge in [-0.25, -0.2) is 4.79 Å². The number of ether oxygens (including phenoxy) is 2. The van der Waals surface area contributed by atoms with Crippen molar-refractivity contribution in [3.63, 3.8) is 0 Å². The molecular weight excluding hydrogens is 797 g/mol. The summed E-state index contributed by atoms with van der Waals surface area (Å²) in [5.74, 6) is 1.30. The Morgan fingerprint density at radius 2 is 1.45 bits per heavy atom. The molecule has 360 valence electrons. The Hall–Kier alpha value is -2.94. The first-order chi connectivity index (χ1) is 30.5. The van der Waals surface area contributed by atoms with Gasteiger partial charge in [-0.2, -0.15) is 0 Å². The average molecular weight is 887 g/mol. The number of benzene rings is 2. The van der Waals surface area contributed by atoms with Crippen LogP contribution in [0, 0.1) is 29.6 Å². The molecule has 5 atom stereocenters. The lowest BCUT2D eigenvalue weighted by Crippen LogP contribution is -2.63. The van der Waals surface area contributed by atoms with Crippen molar-refractivity contribution in [2.24, 2.45) is 22.7 Å². The van der Waals surface area contributed by atoms with Crippen LogP contribution in [0.3, 0.4) is 0 Å². The van der Waals surface area contributed by atoms with Crippen LogP contribution in [0.15, 0.2) is 36.4 Å². The lowest BCUT2D eigenvalue weighted by atomic mass is 9.48. The van der Waals surface area contributed by atoms with Crippen LogP contribution in [-0.4, -0.2) is 64.4 Å². The van der Waals surface area contributed by atoms with Crippen LogP contribution in [0.5, 0.6) is 11.5 Å². The number of rotatable bonds is 28. The number of aliphatic hydroxyl groups is 2. The number of carbonyl (C=O) groups excluding carboxylic acids is 2. The van der Waals surface area contributed by atoms with E-state index in [1.54, 1.807) is 24.3 Å². The van der Waals surface area contributed by atoms with E-state index in [0.717, 1.165) is 75.1 Å². The van der Waals surface area contributed by atoms with Crippen molar-refractivity contribution in [2.45, 2.75) is 227 Å². The minimum absolute atomic E-state index is 0.00122. The van der Waals surface area contributed by atoms with Gasteiger partial charge in [0.1, 0.15) is 0 Å². The highest BCUT2D eigenvalue weighted by molar-refractivity contribution is 5.94. The van der Waals surface area contributed by atoms with E-state index in [2.05, 4.69) is 71.7 Å². The normalized spacial score (nSPS) is 23.1. The number of piperidine rings is 1. The highest BCUT2D eigenvalue weighted by atomic mass is 16.6. The number of hydrogen-bond acceptors (Lipinski definition) is 7. The number of carbonyl (C=O) groups is 2. The fraction of sp³-hybridized carbons (Fsp3) is 0.750. The summed E-state index contributed by atoms with van der Waals surface area (Å²) in [6, 6.07) is 11.1. The number of nitrogens with zero attached hydrogens (tertiary/aromatic N) is 1. The van der Waals surface area contributed by atoms with Crippen molar-refractivity contribution < 1.29 is 29.3 Å². The highest BCUT2D eigenvalue weighted by Gasteiger charge is 2.59. The maximum absolute atomic E-state index is 14.0. The molecule has 0 aromatic heterocycles. The van der Waals surface area contributed by atoms with Crippen molar-refractivity contribution in [1.29, 1.82) is 0 Å². The molecule has 2 aromatic carbocycles. The summed E-state index contributed by atoms with van der Waals surface area (Å²) in [6.45, 7) is 21.9. The molecule has 8 nitrogen and oxygen atoms in total. The number of likely N-dealkylation sites (tertiary alicyclic amines) is 1. The summed E-state index contributed by atoms with van der Waals surface area (Å²) < 4.78 is 13.3.